The molecule has 1 amide bonds. The van der Waals surface area contributed by atoms with Gasteiger partial charge in [0.2, 0.25) is 5.91 Å². The number of aliphatic hydroxyl groups is 1. The van der Waals surface area contributed by atoms with Crippen LogP contribution in [-0.2, 0) is 16.9 Å². The molecule has 0 spiro atoms. The molecule has 5 nitrogen and oxygen atoms in total. The molecule has 2 aromatic rings. The Kier molecular flexibility index (Phi) is 4.55. The highest BCUT2D eigenvalue weighted by Crippen LogP contribution is 2.18. The molecule has 1 aromatic carbocycles. The number of benzene rings is 1. The summed E-state index contributed by atoms with van der Waals surface area (Å²) in [7, 11) is 0. The van der Waals surface area contributed by atoms with Crippen molar-refractivity contribution < 1.29 is 9.90 Å². The summed E-state index contributed by atoms with van der Waals surface area (Å²) in [6.45, 7) is 1.65. The van der Waals surface area contributed by atoms with Crippen LogP contribution in [0.2, 0.25) is 0 Å². The third-order valence-electron chi connectivity index (χ3n) is 3.24. The molecule has 21 heavy (non-hydrogen) atoms. The fraction of sp³-hybridized carbons (Fsp3) is 0.250. The average Bonchev–Trinajstić information content (AvgIpc) is 2.49. The van der Waals surface area contributed by atoms with Gasteiger partial charge in [0.15, 0.2) is 0 Å². The SMILES string of the molecule is CC(O)(CNC(=O)Cn1ccccc1=O)c1ccccc1. The summed E-state index contributed by atoms with van der Waals surface area (Å²) in [6.07, 6.45) is 1.55. The number of pyridine rings is 1. The minimum absolute atomic E-state index is 0.0649. The molecule has 1 unspecified atom stereocenters. The number of amides is 1. The van der Waals surface area contributed by atoms with Crippen molar-refractivity contribution in [3.8, 4) is 0 Å². The van der Waals surface area contributed by atoms with Crippen molar-refractivity contribution in [3.05, 3.63) is 70.6 Å². The van der Waals surface area contributed by atoms with Crippen LogP contribution in [0, 0.1) is 0 Å². The van der Waals surface area contributed by atoms with E-state index in [1.807, 2.05) is 18.2 Å². The standard InChI is InChI=1S/C16H18N2O3/c1-16(21,13-7-3-2-4-8-13)12-17-14(19)11-18-10-6-5-9-15(18)20/h2-10,21H,11-12H2,1H3,(H,17,19). The zero-order chi connectivity index (χ0) is 15.3. The second-order valence-corrected chi connectivity index (χ2v) is 5.08. The van der Waals surface area contributed by atoms with Gasteiger partial charge in [0.25, 0.3) is 5.56 Å². The highest BCUT2D eigenvalue weighted by molar-refractivity contribution is 5.75. The Morgan fingerprint density at radius 1 is 1.19 bits per heavy atom. The molecular formula is C16H18N2O3. The van der Waals surface area contributed by atoms with Gasteiger partial charge < -0.3 is 15.0 Å². The topological polar surface area (TPSA) is 71.3 Å². The molecule has 0 aliphatic carbocycles. The zero-order valence-corrected chi connectivity index (χ0v) is 11.8. The number of carbonyl (C=O) groups excluding carboxylic acids is 1. The van der Waals surface area contributed by atoms with E-state index in [-0.39, 0.29) is 24.6 Å². The first-order valence-electron chi connectivity index (χ1n) is 6.69. The maximum Gasteiger partial charge on any atom is 0.250 e. The summed E-state index contributed by atoms with van der Waals surface area (Å²) in [4.78, 5) is 23.4. The molecular weight excluding hydrogens is 268 g/mol. The molecule has 2 rings (SSSR count). The molecule has 1 heterocycles. The van der Waals surface area contributed by atoms with Crippen LogP contribution in [-0.4, -0.2) is 22.1 Å². The zero-order valence-electron chi connectivity index (χ0n) is 11.8. The maximum absolute atomic E-state index is 11.9. The quantitative estimate of drug-likeness (QED) is 0.857. The van der Waals surface area contributed by atoms with Crippen LogP contribution in [0.4, 0.5) is 0 Å². The van der Waals surface area contributed by atoms with Crippen molar-refractivity contribution in [1.82, 2.24) is 9.88 Å². The summed E-state index contributed by atoms with van der Waals surface area (Å²) in [5, 5.41) is 13.0. The largest absolute Gasteiger partial charge is 0.384 e. The van der Waals surface area contributed by atoms with Gasteiger partial charge in [-0.3, -0.25) is 9.59 Å². The van der Waals surface area contributed by atoms with Crippen LogP contribution in [0.1, 0.15) is 12.5 Å². The number of carbonyl (C=O) groups is 1. The van der Waals surface area contributed by atoms with E-state index in [0.717, 1.165) is 5.56 Å². The molecule has 0 radical (unpaired) electrons. The second-order valence-electron chi connectivity index (χ2n) is 5.08. The van der Waals surface area contributed by atoms with Gasteiger partial charge in [-0.1, -0.05) is 36.4 Å². The number of rotatable bonds is 5. The van der Waals surface area contributed by atoms with Crippen LogP contribution >= 0.6 is 0 Å². The smallest absolute Gasteiger partial charge is 0.250 e. The van der Waals surface area contributed by atoms with Crippen molar-refractivity contribution in [3.63, 3.8) is 0 Å². The van der Waals surface area contributed by atoms with E-state index >= 15 is 0 Å². The van der Waals surface area contributed by atoms with Crippen molar-refractivity contribution >= 4 is 5.91 Å². The van der Waals surface area contributed by atoms with Gasteiger partial charge in [0, 0.05) is 12.3 Å². The number of hydrogen-bond acceptors (Lipinski definition) is 3. The van der Waals surface area contributed by atoms with Crippen molar-refractivity contribution in [1.29, 1.82) is 0 Å². The minimum atomic E-state index is -1.15. The van der Waals surface area contributed by atoms with Crippen LogP contribution < -0.4 is 10.9 Å². The first-order chi connectivity index (χ1) is 9.99. The summed E-state index contributed by atoms with van der Waals surface area (Å²) in [6, 6.07) is 13.8. The van der Waals surface area contributed by atoms with E-state index in [1.54, 1.807) is 37.4 Å². The predicted molar refractivity (Wildman–Crippen MR) is 79.7 cm³/mol. The van der Waals surface area contributed by atoms with Gasteiger partial charge in [-0.2, -0.15) is 0 Å². The highest BCUT2D eigenvalue weighted by Gasteiger charge is 2.23. The second kappa shape index (κ2) is 6.37. The Bertz CT molecular complexity index is 662. The van der Waals surface area contributed by atoms with Gasteiger partial charge in [-0.05, 0) is 18.6 Å². The van der Waals surface area contributed by atoms with E-state index in [0.29, 0.717) is 0 Å². The van der Waals surface area contributed by atoms with Crippen molar-refractivity contribution in [2.24, 2.45) is 0 Å². The van der Waals surface area contributed by atoms with Crippen LogP contribution in [0.3, 0.4) is 0 Å². The lowest BCUT2D eigenvalue weighted by atomic mass is 9.96. The van der Waals surface area contributed by atoms with E-state index in [9.17, 15) is 14.7 Å². The average molecular weight is 286 g/mol. The predicted octanol–water partition coefficient (Wildman–Crippen LogP) is 0.872. The monoisotopic (exact) mass is 286 g/mol. The van der Waals surface area contributed by atoms with Crippen molar-refractivity contribution in [2.45, 2.75) is 19.1 Å². The molecule has 110 valence electrons. The first kappa shape index (κ1) is 15.0. The first-order valence-corrected chi connectivity index (χ1v) is 6.69. The molecule has 1 atom stereocenters. The Balaban J connectivity index is 1.95. The van der Waals surface area contributed by atoms with Gasteiger partial charge in [0.1, 0.15) is 12.1 Å². The Labute approximate surface area is 122 Å². The Morgan fingerprint density at radius 2 is 1.86 bits per heavy atom. The Morgan fingerprint density at radius 3 is 2.52 bits per heavy atom. The molecule has 0 saturated carbocycles. The summed E-state index contributed by atoms with van der Waals surface area (Å²) >= 11 is 0. The van der Waals surface area contributed by atoms with E-state index in [4.69, 9.17) is 0 Å². The van der Waals surface area contributed by atoms with Crippen LogP contribution in [0.5, 0.6) is 0 Å². The number of aromatic nitrogens is 1. The minimum Gasteiger partial charge on any atom is -0.384 e. The third-order valence-corrected chi connectivity index (χ3v) is 3.24. The van der Waals surface area contributed by atoms with Gasteiger partial charge in [-0.15, -0.1) is 0 Å². The van der Waals surface area contributed by atoms with E-state index in [1.165, 1.54) is 10.6 Å². The van der Waals surface area contributed by atoms with Crippen LogP contribution in [0.25, 0.3) is 0 Å². The summed E-state index contributed by atoms with van der Waals surface area (Å²) < 4.78 is 1.31. The number of nitrogens with zero attached hydrogens (tertiary/aromatic N) is 1. The van der Waals surface area contributed by atoms with Gasteiger partial charge >= 0.3 is 0 Å². The highest BCUT2D eigenvalue weighted by atomic mass is 16.3. The molecule has 0 aliphatic rings. The Hall–Kier alpha value is -2.40. The molecule has 0 fully saturated rings. The lowest BCUT2D eigenvalue weighted by molar-refractivity contribution is -0.122. The molecule has 0 saturated heterocycles. The molecule has 2 N–H and O–H groups in total. The van der Waals surface area contributed by atoms with E-state index in [2.05, 4.69) is 5.32 Å². The fourth-order valence-electron chi connectivity index (χ4n) is 1.97. The maximum atomic E-state index is 11.9. The van der Waals surface area contributed by atoms with Gasteiger partial charge in [0.05, 0.1) is 6.54 Å². The van der Waals surface area contributed by atoms with Crippen LogP contribution in [0.15, 0.2) is 59.5 Å². The van der Waals surface area contributed by atoms with Gasteiger partial charge in [-0.25, -0.2) is 0 Å². The molecule has 0 bridgehead atoms. The van der Waals surface area contributed by atoms with E-state index < -0.39 is 5.60 Å². The molecule has 1 aromatic heterocycles. The lowest BCUT2D eigenvalue weighted by Gasteiger charge is -2.24. The number of nitrogens with one attached hydrogen (secondary N) is 1. The molecule has 0 aliphatic heterocycles. The summed E-state index contributed by atoms with van der Waals surface area (Å²) in [5.41, 5.74) is -0.664. The fourth-order valence-corrected chi connectivity index (χ4v) is 1.97. The summed E-state index contributed by atoms with van der Waals surface area (Å²) in [5.74, 6) is -0.320. The molecule has 5 heteroatoms. The third kappa shape index (κ3) is 4.03. The normalized spacial score (nSPS) is 13.4. The number of hydrogen-bond donors (Lipinski definition) is 2. The lowest BCUT2D eigenvalue weighted by Crippen LogP contribution is -2.40. The van der Waals surface area contributed by atoms with Crippen molar-refractivity contribution in [2.75, 3.05) is 6.54 Å².